The number of amides is 1. The molecule has 7 heteroatoms. The molecule has 1 aromatic carbocycles. The molecule has 0 aliphatic heterocycles. The molecule has 0 saturated carbocycles. The van der Waals surface area contributed by atoms with Crippen molar-refractivity contribution in [3.05, 3.63) is 52.4 Å². The quantitative estimate of drug-likeness (QED) is 0.730. The summed E-state index contributed by atoms with van der Waals surface area (Å²) in [5.41, 5.74) is 3.48. The largest absolute Gasteiger partial charge is 0.495 e. The molecule has 0 fully saturated rings. The second kappa shape index (κ2) is 7.25. The predicted octanol–water partition coefficient (Wildman–Crippen LogP) is 4.13. The van der Waals surface area contributed by atoms with Gasteiger partial charge in [0.2, 0.25) is 0 Å². The smallest absolute Gasteiger partial charge is 0.274 e. The van der Waals surface area contributed by atoms with Crippen molar-refractivity contribution in [3.63, 3.8) is 0 Å². The number of methoxy groups -OCH3 is 2. The van der Waals surface area contributed by atoms with E-state index >= 15 is 0 Å². The summed E-state index contributed by atoms with van der Waals surface area (Å²) >= 11 is 6.13. The molecule has 2 heterocycles. The molecule has 2 aromatic heterocycles. The highest BCUT2D eigenvalue weighted by Gasteiger charge is 2.20. The third-order valence-corrected chi connectivity index (χ3v) is 4.41. The summed E-state index contributed by atoms with van der Waals surface area (Å²) in [4.78, 5) is 17.6. The number of benzene rings is 1. The van der Waals surface area contributed by atoms with Gasteiger partial charge in [-0.05, 0) is 25.0 Å². The minimum Gasteiger partial charge on any atom is -0.495 e. The Bertz CT molecular complexity index is 982. The van der Waals surface area contributed by atoms with E-state index in [2.05, 4.69) is 10.3 Å². The number of nitrogens with one attached hydrogen (secondary N) is 1. The topological polar surface area (TPSA) is 64.9 Å². The van der Waals surface area contributed by atoms with Crippen LogP contribution in [0.5, 0.6) is 11.5 Å². The Kier molecular flexibility index (Phi) is 5.04. The van der Waals surface area contributed by atoms with Crippen molar-refractivity contribution >= 4 is 28.8 Å². The number of fused-ring (bicyclic) bond motifs is 1. The molecule has 26 heavy (non-hydrogen) atoms. The van der Waals surface area contributed by atoms with E-state index in [0.29, 0.717) is 34.3 Å². The summed E-state index contributed by atoms with van der Waals surface area (Å²) in [6.45, 7) is 3.94. The van der Waals surface area contributed by atoms with E-state index in [9.17, 15) is 4.79 Å². The second-order valence-electron chi connectivity index (χ2n) is 5.84. The lowest BCUT2D eigenvalue weighted by atomic mass is 10.2. The fourth-order valence-electron chi connectivity index (χ4n) is 2.83. The number of rotatable bonds is 5. The monoisotopic (exact) mass is 373 g/mol. The van der Waals surface area contributed by atoms with E-state index in [0.717, 1.165) is 16.9 Å². The molecule has 6 nitrogen and oxygen atoms in total. The number of halogens is 1. The first-order valence-corrected chi connectivity index (χ1v) is 8.56. The second-order valence-corrected chi connectivity index (χ2v) is 6.24. The fourth-order valence-corrected chi connectivity index (χ4v) is 3.06. The molecule has 0 atom stereocenters. The van der Waals surface area contributed by atoms with Crippen molar-refractivity contribution in [1.29, 1.82) is 0 Å². The Morgan fingerprint density at radius 3 is 2.62 bits per heavy atom. The van der Waals surface area contributed by atoms with E-state index in [-0.39, 0.29) is 5.91 Å². The number of imidazole rings is 1. The predicted molar refractivity (Wildman–Crippen MR) is 102 cm³/mol. The molecule has 1 amide bonds. The minimum absolute atomic E-state index is 0.275. The van der Waals surface area contributed by atoms with Crippen molar-refractivity contribution in [1.82, 2.24) is 9.38 Å². The van der Waals surface area contributed by atoms with Gasteiger partial charge < -0.3 is 14.8 Å². The number of anilines is 1. The maximum Gasteiger partial charge on any atom is 0.274 e. The molecule has 0 spiro atoms. The van der Waals surface area contributed by atoms with Gasteiger partial charge in [-0.2, -0.15) is 0 Å². The molecule has 3 aromatic rings. The highest BCUT2D eigenvalue weighted by Crippen LogP contribution is 2.36. The van der Waals surface area contributed by atoms with Crippen LogP contribution >= 0.6 is 11.6 Å². The highest BCUT2D eigenvalue weighted by molar-refractivity contribution is 6.32. The van der Waals surface area contributed by atoms with E-state index in [1.165, 1.54) is 14.2 Å². The van der Waals surface area contributed by atoms with Gasteiger partial charge in [0.1, 0.15) is 22.8 Å². The van der Waals surface area contributed by atoms with Crippen molar-refractivity contribution in [2.75, 3.05) is 19.5 Å². The molecule has 0 aliphatic carbocycles. The average molecular weight is 374 g/mol. The third kappa shape index (κ3) is 3.20. The number of nitrogens with zero attached hydrogens (tertiary/aromatic N) is 2. The van der Waals surface area contributed by atoms with E-state index in [1.807, 2.05) is 36.6 Å². The molecule has 136 valence electrons. The number of pyridine rings is 1. The van der Waals surface area contributed by atoms with Gasteiger partial charge >= 0.3 is 0 Å². The zero-order valence-electron chi connectivity index (χ0n) is 15.1. The summed E-state index contributed by atoms with van der Waals surface area (Å²) in [5.74, 6) is 0.627. The molecule has 0 aliphatic rings. The van der Waals surface area contributed by atoms with Crippen molar-refractivity contribution < 1.29 is 14.3 Å². The standard InChI is InChI=1S/C19H20ClN3O3/c1-5-13-18(23-10-11(2)6-7-17(23)21-13)19(24)22-14-9-15(25-3)12(20)8-16(14)26-4/h6-10H,5H2,1-4H3,(H,22,24). The number of ether oxygens (including phenoxy) is 2. The number of carbonyl (C=O) groups is 1. The zero-order chi connectivity index (χ0) is 18.8. The first kappa shape index (κ1) is 18.1. The molecule has 0 saturated heterocycles. The van der Waals surface area contributed by atoms with Gasteiger partial charge in [-0.15, -0.1) is 0 Å². The van der Waals surface area contributed by atoms with Gasteiger partial charge in [0, 0.05) is 18.3 Å². The lowest BCUT2D eigenvalue weighted by Crippen LogP contribution is -2.17. The lowest BCUT2D eigenvalue weighted by Gasteiger charge is -2.13. The van der Waals surface area contributed by atoms with Crippen LogP contribution in [0, 0.1) is 6.92 Å². The van der Waals surface area contributed by atoms with Crippen LogP contribution in [0.2, 0.25) is 5.02 Å². The Balaban J connectivity index is 2.06. The van der Waals surface area contributed by atoms with Gasteiger partial charge in [0.05, 0.1) is 30.6 Å². The Morgan fingerprint density at radius 2 is 1.96 bits per heavy atom. The van der Waals surface area contributed by atoms with Crippen molar-refractivity contribution in [3.8, 4) is 11.5 Å². The van der Waals surface area contributed by atoms with Gasteiger partial charge in [-0.3, -0.25) is 9.20 Å². The van der Waals surface area contributed by atoms with Gasteiger partial charge in [-0.25, -0.2) is 4.98 Å². The molecular formula is C19H20ClN3O3. The number of hydrogen-bond acceptors (Lipinski definition) is 4. The van der Waals surface area contributed by atoms with E-state index < -0.39 is 0 Å². The maximum atomic E-state index is 13.0. The fraction of sp³-hybridized carbons (Fsp3) is 0.263. The van der Waals surface area contributed by atoms with Gasteiger partial charge in [0.15, 0.2) is 0 Å². The number of aromatic nitrogens is 2. The third-order valence-electron chi connectivity index (χ3n) is 4.11. The summed E-state index contributed by atoms with van der Waals surface area (Å²) in [6.07, 6.45) is 2.54. The van der Waals surface area contributed by atoms with Crippen LogP contribution in [-0.4, -0.2) is 29.5 Å². The highest BCUT2D eigenvalue weighted by atomic mass is 35.5. The Labute approximate surface area is 156 Å². The maximum absolute atomic E-state index is 13.0. The van der Waals surface area contributed by atoms with E-state index in [4.69, 9.17) is 21.1 Å². The normalized spacial score (nSPS) is 10.8. The Hall–Kier alpha value is -2.73. The van der Waals surface area contributed by atoms with Crippen LogP contribution in [0.15, 0.2) is 30.5 Å². The number of aryl methyl sites for hydroxylation is 2. The summed E-state index contributed by atoms with van der Waals surface area (Å²) in [5, 5.41) is 3.29. The number of carbonyl (C=O) groups excluding carboxylic acids is 1. The summed E-state index contributed by atoms with van der Waals surface area (Å²) in [7, 11) is 3.03. The zero-order valence-corrected chi connectivity index (χ0v) is 15.8. The Morgan fingerprint density at radius 1 is 1.23 bits per heavy atom. The van der Waals surface area contributed by atoms with Gasteiger partial charge in [0.25, 0.3) is 5.91 Å². The van der Waals surface area contributed by atoms with Gasteiger partial charge in [-0.1, -0.05) is 24.6 Å². The van der Waals surface area contributed by atoms with Crippen LogP contribution in [0.25, 0.3) is 5.65 Å². The van der Waals surface area contributed by atoms with Crippen LogP contribution in [0.4, 0.5) is 5.69 Å². The van der Waals surface area contributed by atoms with Crippen molar-refractivity contribution in [2.45, 2.75) is 20.3 Å². The van der Waals surface area contributed by atoms with Crippen LogP contribution in [-0.2, 0) is 6.42 Å². The summed E-state index contributed by atoms with van der Waals surface area (Å²) < 4.78 is 12.4. The molecule has 0 radical (unpaired) electrons. The average Bonchev–Trinajstić information content (AvgIpc) is 3.00. The minimum atomic E-state index is -0.275. The first-order valence-electron chi connectivity index (χ1n) is 8.19. The number of hydrogen-bond donors (Lipinski definition) is 1. The van der Waals surface area contributed by atoms with E-state index in [1.54, 1.807) is 12.1 Å². The SMILES string of the molecule is CCc1nc2ccc(C)cn2c1C(=O)Nc1cc(OC)c(Cl)cc1OC. The van der Waals surface area contributed by atoms with Crippen LogP contribution in [0.3, 0.4) is 0 Å². The molecule has 0 unspecified atom stereocenters. The molecular weight excluding hydrogens is 354 g/mol. The summed E-state index contributed by atoms with van der Waals surface area (Å²) in [6, 6.07) is 7.11. The molecule has 3 rings (SSSR count). The van der Waals surface area contributed by atoms with Crippen LogP contribution in [0.1, 0.15) is 28.7 Å². The van der Waals surface area contributed by atoms with Crippen molar-refractivity contribution in [2.24, 2.45) is 0 Å². The first-order chi connectivity index (χ1) is 12.5. The molecule has 1 N–H and O–H groups in total. The lowest BCUT2D eigenvalue weighted by molar-refractivity contribution is 0.102. The molecule has 0 bridgehead atoms. The van der Waals surface area contributed by atoms with Crippen LogP contribution < -0.4 is 14.8 Å².